The SMILES string of the molecule is CC(C)C(=O)CC(=O)SCCNC(=O)CCNC(=O)[C@H](O)C(C)(C)COP(=O)([O-])OP(=O)([O-])OC[C@H]1O[C@@H](n2cnc3c(N)ncnc32)[C@H](O)[C@@H]1OP(=O)([O-])[O-]. The average Bonchev–Trinajstić information content (AvgIpc) is 3.64. The van der Waals surface area contributed by atoms with Crippen molar-refractivity contribution in [2.75, 3.05) is 37.8 Å². The summed E-state index contributed by atoms with van der Waals surface area (Å²) in [6.07, 6.45) is -7.92. The summed E-state index contributed by atoms with van der Waals surface area (Å²) in [6.45, 7) is 3.25. The van der Waals surface area contributed by atoms with Gasteiger partial charge >= 0.3 is 0 Å². The summed E-state index contributed by atoms with van der Waals surface area (Å²) < 4.78 is 60.4. The number of Topliss-reactive ketones (excluding diaryl/α,β-unsaturated/α-hetero) is 1. The number of phosphoric acid groups is 3. The second-order valence-electron chi connectivity index (χ2n) is 13.0. The van der Waals surface area contributed by atoms with E-state index in [-0.39, 0.29) is 65.5 Å². The van der Waals surface area contributed by atoms with Crippen molar-refractivity contribution in [2.45, 2.75) is 71.2 Å². The Balaban J connectivity index is 1.48. The van der Waals surface area contributed by atoms with E-state index >= 15 is 0 Å². The highest BCUT2D eigenvalue weighted by atomic mass is 32.2. The van der Waals surface area contributed by atoms with Crippen molar-refractivity contribution in [3.05, 3.63) is 12.7 Å². The molecule has 2 amide bonds. The maximum Gasteiger partial charge on any atom is 0.274 e. The fraction of sp³-hybridized carbons (Fsp3) is 0.667. The van der Waals surface area contributed by atoms with Gasteiger partial charge in [0.05, 0.1) is 33.8 Å². The van der Waals surface area contributed by atoms with Crippen LogP contribution in [0.5, 0.6) is 0 Å². The molecule has 3 rings (SSSR count). The molecule has 29 heteroatoms. The van der Waals surface area contributed by atoms with Crippen LogP contribution < -0.4 is 35.9 Å². The van der Waals surface area contributed by atoms with E-state index in [2.05, 4.69) is 43.5 Å². The Bertz CT molecular complexity index is 1880. The Labute approximate surface area is 322 Å². The quantitative estimate of drug-likeness (QED) is 0.0440. The number of ether oxygens (including phenoxy) is 1. The van der Waals surface area contributed by atoms with Crippen LogP contribution in [-0.2, 0) is 55.5 Å². The molecule has 1 saturated heterocycles. The number of imidazole rings is 1. The molecule has 7 atom stereocenters. The van der Waals surface area contributed by atoms with Gasteiger partial charge in [0, 0.05) is 36.6 Å². The molecule has 2 unspecified atom stereocenters. The molecule has 0 saturated carbocycles. The minimum atomic E-state index is -5.92. The normalized spacial score (nSPS) is 21.7. The zero-order chi connectivity index (χ0) is 42.2. The maximum absolute atomic E-state index is 12.5. The molecule has 0 aromatic carbocycles. The van der Waals surface area contributed by atoms with Crippen LogP contribution in [0.1, 0.15) is 46.8 Å². The fourth-order valence-electron chi connectivity index (χ4n) is 4.67. The van der Waals surface area contributed by atoms with E-state index in [1.165, 1.54) is 13.8 Å². The lowest BCUT2D eigenvalue weighted by atomic mass is 9.87. The van der Waals surface area contributed by atoms with E-state index in [9.17, 15) is 62.7 Å². The Morgan fingerprint density at radius 1 is 1.05 bits per heavy atom. The summed E-state index contributed by atoms with van der Waals surface area (Å²) in [4.78, 5) is 107. The number of thioether (sulfide) groups is 1. The summed E-state index contributed by atoms with van der Waals surface area (Å²) in [5.41, 5.74) is 4.03. The molecule has 2 aromatic heterocycles. The number of rotatable bonds is 22. The van der Waals surface area contributed by atoms with Gasteiger partial charge in [0.25, 0.3) is 15.6 Å². The number of nitrogens with zero attached hydrogens (tertiary/aromatic N) is 4. The van der Waals surface area contributed by atoms with Crippen molar-refractivity contribution >= 4 is 74.9 Å². The first kappa shape index (κ1) is 47.6. The highest BCUT2D eigenvalue weighted by Crippen LogP contribution is 2.56. The number of carbonyl (C=O) groups excluding carboxylic acids is 4. The summed E-state index contributed by atoms with van der Waals surface area (Å²) in [7, 11) is -17.6. The van der Waals surface area contributed by atoms with Gasteiger partial charge in [-0.1, -0.05) is 39.5 Å². The Hall–Kier alpha value is -2.77. The number of hydrogen-bond donors (Lipinski definition) is 5. The van der Waals surface area contributed by atoms with Crippen LogP contribution in [-0.4, -0.2) is 109 Å². The van der Waals surface area contributed by atoms with Crippen LogP contribution in [0, 0.1) is 11.3 Å². The van der Waals surface area contributed by atoms with Gasteiger partial charge in [0.1, 0.15) is 42.0 Å². The minimum absolute atomic E-state index is 0.0278. The molecule has 6 N–H and O–H groups in total. The van der Waals surface area contributed by atoms with Gasteiger partial charge in [-0.3, -0.25) is 32.9 Å². The van der Waals surface area contributed by atoms with Crippen molar-refractivity contribution in [1.29, 1.82) is 0 Å². The lowest BCUT2D eigenvalue weighted by Gasteiger charge is -2.36. The van der Waals surface area contributed by atoms with E-state index < -0.39 is 84.6 Å². The largest absolute Gasteiger partial charge is 0.790 e. The average molecular weight is 876 g/mol. The van der Waals surface area contributed by atoms with Crippen molar-refractivity contribution in [3.63, 3.8) is 0 Å². The number of aromatic nitrogens is 4. The van der Waals surface area contributed by atoms with Crippen molar-refractivity contribution < 1.29 is 85.3 Å². The monoisotopic (exact) mass is 875 g/mol. The number of aliphatic hydroxyl groups excluding tert-OH is 2. The van der Waals surface area contributed by atoms with Crippen molar-refractivity contribution in [3.8, 4) is 0 Å². The smallest absolute Gasteiger partial charge is 0.274 e. The predicted octanol–water partition coefficient (Wildman–Crippen LogP) is -3.25. The third-order valence-corrected chi connectivity index (χ3v) is 11.6. The molecule has 3 heterocycles. The molecule has 316 valence electrons. The van der Waals surface area contributed by atoms with Gasteiger partial charge in [0.2, 0.25) is 11.8 Å². The molecule has 1 aliphatic heterocycles. The van der Waals surface area contributed by atoms with E-state index in [0.29, 0.717) is 0 Å². The van der Waals surface area contributed by atoms with Crippen LogP contribution >= 0.6 is 35.2 Å². The molecule has 1 fully saturated rings. The number of ketones is 1. The van der Waals surface area contributed by atoms with Crippen molar-refractivity contribution in [2.24, 2.45) is 11.3 Å². The Morgan fingerprint density at radius 2 is 1.71 bits per heavy atom. The fourth-order valence-corrected chi connectivity index (χ4v) is 8.08. The first-order valence-corrected chi connectivity index (χ1v) is 21.7. The molecule has 1 aliphatic rings. The topological polar surface area (TPSA) is 392 Å². The number of hydrogen-bond acceptors (Lipinski definition) is 23. The first-order chi connectivity index (χ1) is 25.8. The molecule has 0 spiro atoms. The molecule has 56 heavy (non-hydrogen) atoms. The Kier molecular flexibility index (Phi) is 16.8. The zero-order valence-electron chi connectivity index (χ0n) is 30.1. The highest BCUT2D eigenvalue weighted by Gasteiger charge is 2.47. The van der Waals surface area contributed by atoms with Gasteiger partial charge < -0.3 is 69.0 Å². The number of nitrogen functional groups attached to an aromatic ring is 1. The second-order valence-corrected chi connectivity index (χ2v) is 18.2. The van der Waals surface area contributed by atoms with Crippen LogP contribution in [0.15, 0.2) is 12.7 Å². The number of phosphoric ester groups is 3. The third-order valence-electron chi connectivity index (χ3n) is 7.70. The second kappa shape index (κ2) is 19.8. The Morgan fingerprint density at radius 3 is 2.36 bits per heavy atom. The van der Waals surface area contributed by atoms with Gasteiger partial charge in [-0.05, 0) is 0 Å². The number of anilines is 1. The summed E-state index contributed by atoms with van der Waals surface area (Å²) in [6, 6.07) is 0. The van der Waals surface area contributed by atoms with Gasteiger partial charge in [-0.25, -0.2) is 19.3 Å². The number of carbonyl (C=O) groups is 4. The molecule has 25 nitrogen and oxygen atoms in total. The van der Waals surface area contributed by atoms with E-state index in [0.717, 1.165) is 29.0 Å². The molecule has 0 aliphatic carbocycles. The number of fused-ring (bicyclic) bond motifs is 1. The molecule has 0 radical (unpaired) electrons. The molecule has 0 bridgehead atoms. The van der Waals surface area contributed by atoms with Crippen LogP contribution in [0.25, 0.3) is 11.2 Å². The van der Waals surface area contributed by atoms with Crippen LogP contribution in [0.4, 0.5) is 5.82 Å². The highest BCUT2D eigenvalue weighted by molar-refractivity contribution is 8.13. The number of nitrogens with one attached hydrogen (secondary N) is 2. The third kappa shape index (κ3) is 14.3. The van der Waals surface area contributed by atoms with E-state index in [1.807, 2.05) is 0 Å². The lowest BCUT2D eigenvalue weighted by molar-refractivity contribution is -0.347. The van der Waals surface area contributed by atoms with Crippen molar-refractivity contribution in [1.82, 2.24) is 30.2 Å². The first-order valence-electron chi connectivity index (χ1n) is 16.3. The number of aliphatic hydroxyl groups is 2. The summed E-state index contributed by atoms with van der Waals surface area (Å²) >= 11 is 0.883. The van der Waals surface area contributed by atoms with Gasteiger partial charge in [-0.15, -0.1) is 0 Å². The molecule has 2 aromatic rings. The van der Waals surface area contributed by atoms with Crippen LogP contribution in [0.2, 0.25) is 0 Å². The zero-order valence-corrected chi connectivity index (χ0v) is 33.6. The molecular formula is C27H40N7O18P3S-4. The standard InChI is InChI=1S/C27H44N7O18P3S/c1-14(2)15(35)9-18(37)56-8-7-29-17(36)5-6-30-25(40)22(39)27(3,4)11-49-55(46,47)52-54(44,45)48-10-16-21(51-53(41,42)43)20(38)26(50-16)34-13-33-19-23(28)31-12-32-24(19)34/h12-14,16,20-22,26,38-39H,5-11H2,1-4H3,(H,29,36)(H,30,40)(H,44,45)(H,46,47)(H2,28,31,32)(H2,41,42,43)/p-4/t16-,20-,21-,22+,26-/m1/s1. The predicted molar refractivity (Wildman–Crippen MR) is 183 cm³/mol. The maximum atomic E-state index is 12.5. The van der Waals surface area contributed by atoms with E-state index in [1.54, 1.807) is 13.8 Å². The van der Waals surface area contributed by atoms with Gasteiger partial charge in [-0.2, -0.15) is 0 Å². The van der Waals surface area contributed by atoms with E-state index in [4.69, 9.17) is 10.5 Å². The minimum Gasteiger partial charge on any atom is -0.790 e. The van der Waals surface area contributed by atoms with Crippen LogP contribution in [0.3, 0.4) is 0 Å². The summed E-state index contributed by atoms with van der Waals surface area (Å²) in [5, 5.41) is 25.7. The molecular weight excluding hydrogens is 835 g/mol. The lowest BCUT2D eigenvalue weighted by Crippen LogP contribution is -2.46. The number of amides is 2. The summed E-state index contributed by atoms with van der Waals surface area (Å²) in [5.74, 6) is -1.91. The van der Waals surface area contributed by atoms with Gasteiger partial charge in [0.15, 0.2) is 22.8 Å². The number of nitrogens with two attached hydrogens (primary N) is 1.